The third-order valence-electron chi connectivity index (χ3n) is 7.01. The average molecular weight is 596 g/mol. The fourth-order valence-corrected chi connectivity index (χ4v) is 5.24. The molecule has 0 radical (unpaired) electrons. The van der Waals surface area contributed by atoms with Crippen LogP contribution < -0.4 is 4.90 Å². The highest BCUT2D eigenvalue weighted by Crippen LogP contribution is 2.37. The third-order valence-corrected chi connectivity index (χ3v) is 7.54. The molecule has 198 valence electrons. The number of hydrogen-bond donors (Lipinski definition) is 1. The highest BCUT2D eigenvalue weighted by Gasteiger charge is 2.40. The molecule has 3 unspecified atom stereocenters. The summed E-state index contributed by atoms with van der Waals surface area (Å²) in [6.45, 7) is 5.18. The van der Waals surface area contributed by atoms with E-state index in [4.69, 9.17) is 0 Å². The first-order chi connectivity index (χ1) is 17.9. The zero-order valence-electron chi connectivity index (χ0n) is 21.4. The number of anilines is 1. The van der Waals surface area contributed by atoms with Gasteiger partial charge in [0.25, 0.3) is 0 Å². The molecule has 0 saturated heterocycles. The molecule has 2 aliphatic carbocycles. The molecule has 0 aliphatic heterocycles. The van der Waals surface area contributed by atoms with Crippen LogP contribution in [0.2, 0.25) is 0 Å². The molecule has 0 fully saturated rings. The Morgan fingerprint density at radius 2 is 1.92 bits per heavy atom. The van der Waals surface area contributed by atoms with Gasteiger partial charge in [-0.1, -0.05) is 72.3 Å². The van der Waals surface area contributed by atoms with Crippen molar-refractivity contribution >= 4 is 39.9 Å². The molecule has 1 aromatic carbocycles. The second-order valence-corrected chi connectivity index (χ2v) is 10.9. The van der Waals surface area contributed by atoms with Gasteiger partial charge in [0.1, 0.15) is 0 Å². The highest BCUT2D eigenvalue weighted by molar-refractivity contribution is 9.10. The predicted octanol–water partition coefficient (Wildman–Crippen LogP) is 6.22. The Labute approximate surface area is 238 Å². The van der Waals surface area contributed by atoms with Crippen molar-refractivity contribution in [3.05, 3.63) is 112 Å². The monoisotopic (exact) mass is 594 g/mol. The van der Waals surface area contributed by atoms with Gasteiger partial charge in [-0.2, -0.15) is 5.10 Å². The molecule has 38 heavy (non-hydrogen) atoms. The van der Waals surface area contributed by atoms with Crippen molar-refractivity contribution in [2.75, 3.05) is 4.90 Å². The first-order valence-corrected chi connectivity index (χ1v) is 13.4. The van der Waals surface area contributed by atoms with Gasteiger partial charge in [-0.3, -0.25) is 14.5 Å². The van der Waals surface area contributed by atoms with Crippen LogP contribution in [0.15, 0.2) is 95.4 Å². The molecule has 0 spiro atoms. The number of fused-ring (bicyclic) bond motifs is 1. The molecule has 3 aromatic rings. The number of nitrogens with zero attached hydrogens (tertiary/aromatic N) is 4. The van der Waals surface area contributed by atoms with E-state index >= 15 is 0 Å². The van der Waals surface area contributed by atoms with Crippen LogP contribution >= 0.6 is 28.3 Å². The van der Waals surface area contributed by atoms with E-state index in [2.05, 4.69) is 52.0 Å². The largest absolute Gasteiger partial charge is 0.392 e. The van der Waals surface area contributed by atoms with Gasteiger partial charge in [0.2, 0.25) is 5.91 Å². The van der Waals surface area contributed by atoms with Crippen molar-refractivity contribution in [3.8, 4) is 0 Å². The maximum atomic E-state index is 14.1. The van der Waals surface area contributed by atoms with Crippen LogP contribution in [0.25, 0.3) is 0 Å². The van der Waals surface area contributed by atoms with Gasteiger partial charge in [-0.05, 0) is 47.7 Å². The summed E-state index contributed by atoms with van der Waals surface area (Å²) in [6, 6.07) is 12.1. The summed E-state index contributed by atoms with van der Waals surface area (Å²) in [5.41, 5.74) is 4.83. The molecule has 6 nitrogen and oxygen atoms in total. The molecule has 2 heterocycles. The Morgan fingerprint density at radius 3 is 2.63 bits per heavy atom. The second-order valence-electron chi connectivity index (χ2n) is 10.00. The Hall–Kier alpha value is -3.00. The molecule has 1 N–H and O–H groups in total. The highest BCUT2D eigenvalue weighted by atomic mass is 79.9. The van der Waals surface area contributed by atoms with Crippen molar-refractivity contribution in [2.45, 2.75) is 45.4 Å². The smallest absolute Gasteiger partial charge is 0.234 e. The third kappa shape index (κ3) is 6.17. The maximum absolute atomic E-state index is 14.1. The summed E-state index contributed by atoms with van der Waals surface area (Å²) < 4.78 is 2.92. The van der Waals surface area contributed by atoms with Crippen molar-refractivity contribution in [3.63, 3.8) is 0 Å². The zero-order valence-corrected chi connectivity index (χ0v) is 23.8. The van der Waals surface area contributed by atoms with Crippen LogP contribution in [0.4, 0.5) is 5.69 Å². The van der Waals surface area contributed by atoms with Gasteiger partial charge < -0.3 is 10.0 Å². The lowest BCUT2D eigenvalue weighted by Crippen LogP contribution is -2.46. The lowest BCUT2D eigenvalue weighted by atomic mass is 9.74. The first-order valence-electron chi connectivity index (χ1n) is 12.6. The lowest BCUT2D eigenvalue weighted by Gasteiger charge is -2.37. The van der Waals surface area contributed by atoms with Crippen molar-refractivity contribution in [1.82, 2.24) is 14.8 Å². The van der Waals surface area contributed by atoms with Crippen molar-refractivity contribution in [2.24, 2.45) is 11.8 Å². The van der Waals surface area contributed by atoms with Gasteiger partial charge in [0.15, 0.2) is 0 Å². The van der Waals surface area contributed by atoms with Gasteiger partial charge in [0, 0.05) is 27.8 Å². The number of carbonyl (C=O) groups excluding carboxylic acids is 1. The minimum Gasteiger partial charge on any atom is -0.392 e. The van der Waals surface area contributed by atoms with Crippen molar-refractivity contribution in [1.29, 1.82) is 0 Å². The van der Waals surface area contributed by atoms with Gasteiger partial charge in [-0.25, -0.2) is 0 Å². The minimum absolute atomic E-state index is 0. The molecular weight excluding hydrogens is 564 g/mol. The van der Waals surface area contributed by atoms with Crippen LogP contribution in [0.5, 0.6) is 0 Å². The number of aliphatic hydroxyl groups is 1. The van der Waals surface area contributed by atoms with E-state index in [9.17, 15) is 9.90 Å². The number of hydrogen-bond acceptors (Lipinski definition) is 4. The Balaban J connectivity index is 0.00000336. The van der Waals surface area contributed by atoms with E-state index < -0.39 is 12.0 Å². The van der Waals surface area contributed by atoms with Crippen LogP contribution in [0.1, 0.15) is 43.0 Å². The quantitative estimate of drug-likeness (QED) is 0.352. The number of halogens is 2. The number of pyridine rings is 1. The molecule has 5 rings (SSSR count). The first kappa shape index (κ1) is 28.0. The summed E-state index contributed by atoms with van der Waals surface area (Å²) in [7, 11) is 0. The van der Waals surface area contributed by atoms with Gasteiger partial charge in [-0.15, -0.1) is 12.4 Å². The molecule has 8 heteroatoms. The Kier molecular flexibility index (Phi) is 9.03. The normalized spacial score (nSPS) is 20.0. The van der Waals surface area contributed by atoms with E-state index in [1.807, 2.05) is 65.5 Å². The fraction of sp³-hybridized carbons (Fsp3) is 0.300. The topological polar surface area (TPSA) is 71.2 Å². The lowest BCUT2D eigenvalue weighted by molar-refractivity contribution is -0.127. The van der Waals surface area contributed by atoms with Crippen LogP contribution in [-0.2, 0) is 17.9 Å². The zero-order chi connectivity index (χ0) is 25.9. The number of aromatic nitrogens is 3. The standard InChI is InChI=1S/C30H31BrN4O2.ClH/c1-20(2)27-13-12-25(16-32-27)35(30(37)29-26-6-4-3-5-23(26)9-14-28(29)36)19-22-15-33-34(18-22)17-21-7-10-24(31)11-8-21;/h3-13,15-16,18,20,26,28-29,36H,14,17,19H2,1-2H3;1H. The molecule has 0 saturated carbocycles. The molecular formula is C30H32BrClN4O2. The molecule has 3 atom stereocenters. The average Bonchev–Trinajstić information content (AvgIpc) is 3.35. The van der Waals surface area contributed by atoms with Crippen molar-refractivity contribution < 1.29 is 9.90 Å². The van der Waals surface area contributed by atoms with Gasteiger partial charge >= 0.3 is 0 Å². The number of allylic oxidation sites excluding steroid dienone is 5. The number of rotatable bonds is 7. The predicted molar refractivity (Wildman–Crippen MR) is 156 cm³/mol. The van der Waals surface area contributed by atoms with E-state index in [1.54, 1.807) is 17.3 Å². The van der Waals surface area contributed by atoms with E-state index in [1.165, 1.54) is 0 Å². The summed E-state index contributed by atoms with van der Waals surface area (Å²) >= 11 is 3.47. The number of amides is 1. The molecule has 2 aromatic heterocycles. The minimum atomic E-state index is -0.747. The summed E-state index contributed by atoms with van der Waals surface area (Å²) in [4.78, 5) is 20.5. The number of aliphatic hydroxyl groups excluding tert-OH is 1. The van der Waals surface area contributed by atoms with Crippen LogP contribution in [0.3, 0.4) is 0 Å². The number of benzene rings is 1. The summed E-state index contributed by atoms with van der Waals surface area (Å²) in [5, 5.41) is 15.5. The molecule has 0 bridgehead atoms. The maximum Gasteiger partial charge on any atom is 0.234 e. The van der Waals surface area contributed by atoms with E-state index in [0.29, 0.717) is 31.1 Å². The van der Waals surface area contributed by atoms with E-state index in [0.717, 1.165) is 26.9 Å². The molecule has 1 amide bonds. The Morgan fingerprint density at radius 1 is 1.13 bits per heavy atom. The summed E-state index contributed by atoms with van der Waals surface area (Å²) in [5.74, 6) is -0.527. The fourth-order valence-electron chi connectivity index (χ4n) is 4.97. The summed E-state index contributed by atoms with van der Waals surface area (Å²) in [6.07, 6.45) is 15.3. The number of carbonyl (C=O) groups is 1. The Bertz CT molecular complexity index is 1350. The van der Waals surface area contributed by atoms with E-state index in [-0.39, 0.29) is 24.2 Å². The van der Waals surface area contributed by atoms with Gasteiger partial charge in [0.05, 0.1) is 43.2 Å². The molecule has 2 aliphatic rings. The second kappa shape index (κ2) is 12.2. The SMILES string of the molecule is CC(C)c1ccc(N(Cc2cnn(Cc3ccc(Br)cc3)c2)C(=O)C2C(O)CC=C3C=CC=CC32)cn1.Cl. The van der Waals surface area contributed by atoms with Crippen LogP contribution in [-0.4, -0.2) is 31.9 Å². The van der Waals surface area contributed by atoms with Crippen LogP contribution in [0, 0.1) is 11.8 Å².